The predicted molar refractivity (Wildman–Crippen MR) is 59.3 cm³/mol. The summed E-state index contributed by atoms with van der Waals surface area (Å²) in [6, 6.07) is 5.00. The van der Waals surface area contributed by atoms with Gasteiger partial charge in [0.1, 0.15) is 0 Å². The number of nitrogens with zero attached hydrogens (tertiary/aromatic N) is 1. The van der Waals surface area contributed by atoms with E-state index in [0.29, 0.717) is 20.5 Å². The molecule has 0 saturated heterocycles. The third kappa shape index (κ3) is 3.87. The van der Waals surface area contributed by atoms with Crippen LogP contribution in [-0.2, 0) is 4.84 Å². The second kappa shape index (κ2) is 5.70. The molecule has 0 fully saturated rings. The Morgan fingerprint density at radius 2 is 2.20 bits per heavy atom. The van der Waals surface area contributed by atoms with Crippen molar-refractivity contribution in [2.45, 2.75) is 0 Å². The molecule has 0 amide bonds. The topological polar surface area (TPSA) is 41.3 Å². The number of hydrogen-bond donors (Lipinski definition) is 1. The quantitative estimate of drug-likeness (QED) is 0.658. The Morgan fingerprint density at radius 3 is 2.80 bits per heavy atom. The maximum Gasteiger partial charge on any atom is 0.260 e. The van der Waals surface area contributed by atoms with Gasteiger partial charge >= 0.3 is 0 Å². The number of hydrazine groups is 1. The fourth-order valence-corrected chi connectivity index (χ4v) is 1.38. The molecule has 0 aliphatic heterocycles. The van der Waals surface area contributed by atoms with Gasteiger partial charge in [-0.3, -0.25) is 0 Å². The summed E-state index contributed by atoms with van der Waals surface area (Å²) in [5.74, 6) is 0. The SMILES string of the molecule is CON[N+](=O)/C=C/c1ccc(Cl)cc1Cl. The Labute approximate surface area is 96.9 Å². The van der Waals surface area contributed by atoms with E-state index in [0.717, 1.165) is 0 Å². The van der Waals surface area contributed by atoms with Crippen LogP contribution in [0.5, 0.6) is 0 Å². The largest absolute Gasteiger partial charge is 0.260 e. The molecule has 0 aliphatic carbocycles. The van der Waals surface area contributed by atoms with Crippen LogP contribution in [0.2, 0.25) is 10.0 Å². The van der Waals surface area contributed by atoms with Gasteiger partial charge in [0.05, 0.1) is 12.0 Å². The number of rotatable bonds is 4. The summed E-state index contributed by atoms with van der Waals surface area (Å²) in [7, 11) is 1.34. The van der Waals surface area contributed by atoms with Gasteiger partial charge in [-0.05, 0) is 23.3 Å². The van der Waals surface area contributed by atoms with E-state index in [1.54, 1.807) is 18.2 Å². The van der Waals surface area contributed by atoms with E-state index in [1.807, 2.05) is 0 Å². The number of benzene rings is 1. The molecule has 0 aliphatic rings. The highest BCUT2D eigenvalue weighted by molar-refractivity contribution is 6.35. The molecule has 4 nitrogen and oxygen atoms in total. The van der Waals surface area contributed by atoms with Crippen LogP contribution in [-0.4, -0.2) is 12.0 Å². The second-order valence-corrected chi connectivity index (χ2v) is 3.45. The van der Waals surface area contributed by atoms with E-state index in [2.05, 4.69) is 10.4 Å². The van der Waals surface area contributed by atoms with Crippen molar-refractivity contribution in [1.29, 1.82) is 0 Å². The van der Waals surface area contributed by atoms with Gasteiger partial charge in [0, 0.05) is 16.1 Å². The summed E-state index contributed by atoms with van der Waals surface area (Å²) < 4.78 is 0. The molecular weight excluding hydrogens is 239 g/mol. The summed E-state index contributed by atoms with van der Waals surface area (Å²) in [5.41, 5.74) is 2.76. The number of nitrogens with one attached hydrogen (secondary N) is 1. The van der Waals surface area contributed by atoms with Gasteiger partial charge in [-0.2, -0.15) is 0 Å². The van der Waals surface area contributed by atoms with Crippen molar-refractivity contribution in [3.8, 4) is 0 Å². The zero-order valence-electron chi connectivity index (χ0n) is 7.91. The molecule has 15 heavy (non-hydrogen) atoms. The van der Waals surface area contributed by atoms with Crippen LogP contribution in [0.15, 0.2) is 24.4 Å². The van der Waals surface area contributed by atoms with Gasteiger partial charge in [0.25, 0.3) is 6.20 Å². The fourth-order valence-electron chi connectivity index (χ4n) is 0.905. The summed E-state index contributed by atoms with van der Waals surface area (Å²) in [6.07, 6.45) is 2.77. The lowest BCUT2D eigenvalue weighted by Crippen LogP contribution is -2.19. The standard InChI is InChI=1S/C9H9Cl2N2O2/c1-15-12-13(14)5-4-7-2-3-8(10)6-9(7)11/h2-6H,1H3,(H,12,14)/q+1/b5-4+. The minimum atomic E-state index is 0.408. The highest BCUT2D eigenvalue weighted by atomic mass is 35.5. The van der Waals surface area contributed by atoms with Gasteiger partial charge in [0.15, 0.2) is 4.87 Å². The molecule has 1 aromatic rings. The van der Waals surface area contributed by atoms with Crippen LogP contribution in [0.4, 0.5) is 0 Å². The van der Waals surface area contributed by atoms with Crippen molar-refractivity contribution >= 4 is 29.3 Å². The first-order valence-corrected chi connectivity index (χ1v) is 4.77. The fraction of sp³-hybridized carbons (Fsp3) is 0.111. The van der Waals surface area contributed by atoms with Crippen LogP contribution in [0, 0.1) is 4.91 Å². The van der Waals surface area contributed by atoms with Crippen molar-refractivity contribution in [3.05, 3.63) is 44.9 Å². The van der Waals surface area contributed by atoms with E-state index >= 15 is 0 Å². The van der Waals surface area contributed by atoms with Crippen molar-refractivity contribution in [2.24, 2.45) is 0 Å². The summed E-state index contributed by atoms with van der Waals surface area (Å²) >= 11 is 11.6. The first-order chi connectivity index (χ1) is 7.13. The lowest BCUT2D eigenvalue weighted by Gasteiger charge is -1.96. The Bertz CT molecular complexity index is 394. The molecule has 80 valence electrons. The van der Waals surface area contributed by atoms with Crippen molar-refractivity contribution in [3.63, 3.8) is 0 Å². The molecule has 0 spiro atoms. The maximum atomic E-state index is 10.9. The highest BCUT2D eigenvalue weighted by Gasteiger charge is 2.02. The average molecular weight is 248 g/mol. The molecule has 0 bridgehead atoms. The van der Waals surface area contributed by atoms with Gasteiger partial charge in [0.2, 0.25) is 0 Å². The van der Waals surface area contributed by atoms with Gasteiger partial charge in [-0.15, -0.1) is 0 Å². The minimum absolute atomic E-state index is 0.408. The maximum absolute atomic E-state index is 10.9. The summed E-state index contributed by atoms with van der Waals surface area (Å²) in [6.45, 7) is 0. The van der Waals surface area contributed by atoms with E-state index in [4.69, 9.17) is 23.2 Å². The molecular formula is C9H9Cl2N2O2+. The molecule has 0 atom stereocenters. The number of hydrogen-bond acceptors (Lipinski definition) is 2. The van der Waals surface area contributed by atoms with Crippen LogP contribution in [0.3, 0.4) is 0 Å². The molecule has 1 aromatic carbocycles. The molecule has 0 unspecified atom stereocenters. The van der Waals surface area contributed by atoms with Gasteiger partial charge in [-0.25, -0.2) is 4.84 Å². The third-order valence-corrected chi connectivity index (χ3v) is 2.10. The normalized spacial score (nSPS) is 10.6. The Balaban J connectivity index is 2.76. The van der Waals surface area contributed by atoms with Crippen LogP contribution < -0.4 is 5.59 Å². The molecule has 1 rings (SSSR count). The molecule has 0 saturated carbocycles. The summed E-state index contributed by atoms with van der Waals surface area (Å²) in [4.78, 5) is 15.7. The molecule has 0 aromatic heterocycles. The van der Waals surface area contributed by atoms with E-state index in [9.17, 15) is 4.91 Å². The van der Waals surface area contributed by atoms with Crippen molar-refractivity contribution < 1.29 is 9.71 Å². The number of halogens is 2. The highest BCUT2D eigenvalue weighted by Crippen LogP contribution is 2.21. The van der Waals surface area contributed by atoms with Gasteiger partial charge < -0.3 is 0 Å². The lowest BCUT2D eigenvalue weighted by atomic mass is 10.2. The van der Waals surface area contributed by atoms with Gasteiger partial charge in [-0.1, -0.05) is 29.3 Å². The van der Waals surface area contributed by atoms with Crippen LogP contribution >= 0.6 is 23.2 Å². The first kappa shape index (κ1) is 12.0. The van der Waals surface area contributed by atoms with Crippen molar-refractivity contribution in [2.75, 3.05) is 7.11 Å². The smallest absolute Gasteiger partial charge is 0.228 e. The molecule has 6 heteroatoms. The van der Waals surface area contributed by atoms with E-state index in [1.165, 1.54) is 19.4 Å². The zero-order chi connectivity index (χ0) is 11.3. The Kier molecular flexibility index (Phi) is 4.55. The van der Waals surface area contributed by atoms with Crippen LogP contribution in [0.25, 0.3) is 6.08 Å². The van der Waals surface area contributed by atoms with Crippen LogP contribution in [0.1, 0.15) is 5.56 Å². The average Bonchev–Trinajstić information content (AvgIpc) is 2.17. The lowest BCUT2D eigenvalue weighted by molar-refractivity contribution is -0.601. The number of nitroso groups, excluding NO2 is 1. The van der Waals surface area contributed by atoms with E-state index in [-0.39, 0.29) is 0 Å². The first-order valence-electron chi connectivity index (χ1n) is 4.01. The molecule has 0 heterocycles. The Hall–Kier alpha value is -1.10. The monoisotopic (exact) mass is 247 g/mol. The molecule has 1 N–H and O–H groups in total. The van der Waals surface area contributed by atoms with Crippen molar-refractivity contribution in [1.82, 2.24) is 5.59 Å². The molecule has 0 radical (unpaired) electrons. The zero-order valence-corrected chi connectivity index (χ0v) is 9.42. The second-order valence-electron chi connectivity index (χ2n) is 2.60. The third-order valence-electron chi connectivity index (χ3n) is 1.53. The van der Waals surface area contributed by atoms with E-state index < -0.39 is 0 Å². The predicted octanol–water partition coefficient (Wildman–Crippen LogP) is 2.81. The summed E-state index contributed by atoms with van der Waals surface area (Å²) in [5, 5.41) is 1.02. The Morgan fingerprint density at radius 1 is 1.47 bits per heavy atom. The minimum Gasteiger partial charge on any atom is -0.228 e.